The number of fused-ring (bicyclic) bond motifs is 5. The van der Waals surface area contributed by atoms with Gasteiger partial charge in [0.1, 0.15) is 5.75 Å². The quantitative estimate of drug-likeness (QED) is 0.351. The fourth-order valence-corrected chi connectivity index (χ4v) is 8.53. The first kappa shape index (κ1) is 30.1. The average Bonchev–Trinajstić information content (AvgIpc) is 3.71. The number of ketones is 4. The number of rotatable bonds is 4. The Hall–Kier alpha value is -5.23. The van der Waals surface area contributed by atoms with Crippen molar-refractivity contribution in [2.75, 3.05) is 13.6 Å². The molecule has 2 aliphatic heterocycles. The number of benzene rings is 3. The van der Waals surface area contributed by atoms with Crippen molar-refractivity contribution in [3.05, 3.63) is 53.6 Å². The number of nitrogens with two attached hydrogens (primary N) is 1. The number of phenolic OH excluding ortho intramolecular Hbond substituents is 1. The zero-order valence-corrected chi connectivity index (χ0v) is 26.0. The Bertz CT molecular complexity index is 2000. The molecule has 12 nitrogen and oxygen atoms in total. The molecule has 2 fully saturated rings. The molecule has 0 bridgehead atoms. The topological polar surface area (TPSA) is 189 Å². The summed E-state index contributed by atoms with van der Waals surface area (Å²) in [5.74, 6) is -10.3. The molecule has 2 heterocycles. The third-order valence-electron chi connectivity index (χ3n) is 10.7. The number of aromatic hydroxyl groups is 1. The van der Waals surface area contributed by atoms with E-state index in [0.717, 1.165) is 0 Å². The van der Waals surface area contributed by atoms with Crippen molar-refractivity contribution in [3.63, 3.8) is 0 Å². The van der Waals surface area contributed by atoms with Gasteiger partial charge in [-0.15, -0.1) is 0 Å². The predicted molar refractivity (Wildman–Crippen MR) is 165 cm³/mol. The van der Waals surface area contributed by atoms with Crippen molar-refractivity contribution in [1.29, 1.82) is 0 Å². The molecular formula is C36H31NO11. The average molecular weight is 654 g/mol. The monoisotopic (exact) mass is 653 g/mol. The van der Waals surface area contributed by atoms with E-state index in [0.29, 0.717) is 45.3 Å². The van der Waals surface area contributed by atoms with Gasteiger partial charge in [-0.1, -0.05) is 26.0 Å². The van der Waals surface area contributed by atoms with Crippen LogP contribution in [0.4, 0.5) is 0 Å². The van der Waals surface area contributed by atoms with E-state index >= 15 is 0 Å². The molecule has 1 amide bonds. The van der Waals surface area contributed by atoms with Gasteiger partial charge in [-0.2, -0.15) is 0 Å². The van der Waals surface area contributed by atoms with Gasteiger partial charge in [0.25, 0.3) is 0 Å². The van der Waals surface area contributed by atoms with Crippen LogP contribution in [-0.4, -0.2) is 58.4 Å². The normalized spacial score (nSPS) is 28.3. The summed E-state index contributed by atoms with van der Waals surface area (Å²) >= 11 is 0. The molecule has 3 aliphatic carbocycles. The van der Waals surface area contributed by atoms with E-state index in [4.69, 9.17) is 24.7 Å². The molecule has 2 unspecified atom stereocenters. The molecule has 4 N–H and O–H groups in total. The highest BCUT2D eigenvalue weighted by molar-refractivity contribution is 6.32. The van der Waals surface area contributed by atoms with Gasteiger partial charge in [0.2, 0.25) is 19.5 Å². The van der Waals surface area contributed by atoms with E-state index in [-0.39, 0.29) is 43.3 Å². The molecule has 0 radical (unpaired) electrons. The first-order valence-corrected chi connectivity index (χ1v) is 15.8. The van der Waals surface area contributed by atoms with Gasteiger partial charge in [0.05, 0.1) is 11.5 Å². The molecule has 0 spiro atoms. The summed E-state index contributed by atoms with van der Waals surface area (Å²) < 4.78 is 22.1. The second-order valence-corrected chi connectivity index (χ2v) is 13.5. The molecule has 6 atom stereocenters. The molecule has 3 aromatic carbocycles. The molecular weight excluding hydrogens is 622 g/mol. The minimum absolute atomic E-state index is 0.0187. The maximum absolute atomic E-state index is 14.6. The van der Waals surface area contributed by atoms with E-state index in [9.17, 15) is 34.2 Å². The molecule has 0 saturated heterocycles. The minimum atomic E-state index is -2.78. The summed E-state index contributed by atoms with van der Waals surface area (Å²) in [6.07, 6.45) is 0.102. The Morgan fingerprint density at radius 3 is 2.02 bits per heavy atom. The third-order valence-corrected chi connectivity index (χ3v) is 10.7. The Kier molecular flexibility index (Phi) is 6.52. The lowest BCUT2D eigenvalue weighted by molar-refractivity contribution is -0.182. The zero-order chi connectivity index (χ0) is 33.8. The predicted octanol–water partition coefficient (Wildman–Crippen LogP) is 3.00. The minimum Gasteiger partial charge on any atom is -0.507 e. The van der Waals surface area contributed by atoms with Crippen LogP contribution in [0.5, 0.6) is 28.7 Å². The smallest absolute Gasteiger partial charge is 0.235 e. The zero-order valence-electron chi connectivity index (χ0n) is 26.0. The second-order valence-electron chi connectivity index (χ2n) is 13.5. The summed E-state index contributed by atoms with van der Waals surface area (Å²) in [5, 5.41) is 23.8. The Morgan fingerprint density at radius 2 is 1.44 bits per heavy atom. The maximum Gasteiger partial charge on any atom is 0.235 e. The number of hydrogen-bond donors (Lipinski definition) is 3. The Morgan fingerprint density at radius 1 is 0.854 bits per heavy atom. The second kappa shape index (κ2) is 10.4. The van der Waals surface area contributed by atoms with Gasteiger partial charge in [0, 0.05) is 17.4 Å². The van der Waals surface area contributed by atoms with Crippen LogP contribution in [0.25, 0.3) is 22.3 Å². The van der Waals surface area contributed by atoms with Crippen LogP contribution >= 0.6 is 0 Å². The van der Waals surface area contributed by atoms with Crippen LogP contribution in [-0.2, 0) is 25.6 Å². The molecule has 2 saturated carbocycles. The Labute approximate surface area is 273 Å². The van der Waals surface area contributed by atoms with E-state index in [1.165, 1.54) is 0 Å². The fraction of sp³-hybridized carbons (Fsp3) is 0.361. The summed E-state index contributed by atoms with van der Waals surface area (Å²) in [6.45, 7) is 3.50. The summed E-state index contributed by atoms with van der Waals surface area (Å²) in [7, 11) is 0. The Balaban J connectivity index is 1.31. The number of hydrogen-bond acceptors (Lipinski definition) is 11. The standard InChI is InChI=1S/C36H31NO11/c1-14(2)26-21-8-17-7-20-18(15-3-5-22-24(9-15)47-12-45-22)11-19(16-4-6-23-25(10-16)48-13-46-23)30(38)28(20)32(40)27(17)33(41)36(21,44)34(42)29(31(26)39)35(37)43/h3-6,9-11,14,17,21,26-27,29,38,44H,7-8,12-13H2,1-2H3,(H2,37,43)/t17-,21-,26-,27?,29?,36-/m0/s1. The van der Waals surface area contributed by atoms with Gasteiger partial charge < -0.3 is 34.9 Å². The van der Waals surface area contributed by atoms with Crippen LogP contribution in [0.3, 0.4) is 0 Å². The van der Waals surface area contributed by atoms with E-state index in [2.05, 4.69) is 0 Å². The number of aliphatic hydroxyl groups is 1. The van der Waals surface area contributed by atoms with Crippen molar-refractivity contribution in [3.8, 4) is 51.0 Å². The largest absolute Gasteiger partial charge is 0.507 e. The number of Topliss-reactive ketones (excluding diaryl/α,β-unsaturated/α-hetero) is 4. The van der Waals surface area contributed by atoms with Crippen molar-refractivity contribution >= 4 is 29.0 Å². The fourth-order valence-electron chi connectivity index (χ4n) is 8.53. The first-order valence-electron chi connectivity index (χ1n) is 15.8. The number of amides is 1. The summed E-state index contributed by atoms with van der Waals surface area (Å²) in [5.41, 5.74) is 5.09. The van der Waals surface area contributed by atoms with Gasteiger partial charge in [-0.3, -0.25) is 24.0 Å². The number of ether oxygens (including phenoxy) is 4. The number of carbonyl (C=O) groups is 5. The van der Waals surface area contributed by atoms with E-state index < -0.39 is 70.1 Å². The van der Waals surface area contributed by atoms with Crippen molar-refractivity contribution in [1.82, 2.24) is 0 Å². The van der Waals surface area contributed by atoms with Crippen LogP contribution in [0.15, 0.2) is 42.5 Å². The highest BCUT2D eigenvalue weighted by Crippen LogP contribution is 2.55. The van der Waals surface area contributed by atoms with Gasteiger partial charge in [-0.05, 0) is 77.3 Å². The lowest BCUT2D eigenvalue weighted by Crippen LogP contribution is -2.71. The molecule has 48 heavy (non-hydrogen) atoms. The SMILES string of the molecule is CC(C)[C@@H]1C(=O)C(C(N)=O)C(=O)[C@@]2(O)C(=O)C3C(=O)c4c(O)c(-c5ccc6c(c5)OCO6)cc(-c5ccc6c(c5)OCO6)c4C[C@H]3C[C@@H]12. The van der Waals surface area contributed by atoms with Crippen molar-refractivity contribution < 1.29 is 53.1 Å². The highest BCUT2D eigenvalue weighted by Gasteiger charge is 2.69. The molecule has 0 aromatic heterocycles. The van der Waals surface area contributed by atoms with Gasteiger partial charge >= 0.3 is 0 Å². The summed E-state index contributed by atoms with van der Waals surface area (Å²) in [4.78, 5) is 68.4. The number of primary amides is 1. The molecule has 246 valence electrons. The van der Waals surface area contributed by atoms with E-state index in [1.54, 1.807) is 50.2 Å². The summed E-state index contributed by atoms with van der Waals surface area (Å²) in [6, 6.07) is 12.2. The molecule has 5 aliphatic rings. The van der Waals surface area contributed by atoms with Crippen LogP contribution in [0.2, 0.25) is 0 Å². The van der Waals surface area contributed by atoms with E-state index in [1.807, 2.05) is 6.07 Å². The van der Waals surface area contributed by atoms with Crippen LogP contribution in [0, 0.1) is 35.5 Å². The first-order chi connectivity index (χ1) is 22.9. The third kappa shape index (κ3) is 4.01. The molecule has 3 aromatic rings. The lowest BCUT2D eigenvalue weighted by Gasteiger charge is -2.52. The molecule has 12 heteroatoms. The van der Waals surface area contributed by atoms with Gasteiger partial charge in [-0.25, -0.2) is 0 Å². The van der Waals surface area contributed by atoms with Gasteiger partial charge in [0.15, 0.2) is 57.6 Å². The highest BCUT2D eigenvalue weighted by atomic mass is 16.7. The number of carbonyl (C=O) groups excluding carboxylic acids is 5. The van der Waals surface area contributed by atoms with Crippen LogP contribution in [0.1, 0.15) is 36.2 Å². The lowest BCUT2D eigenvalue weighted by atomic mass is 9.49. The van der Waals surface area contributed by atoms with Crippen LogP contribution < -0.4 is 24.7 Å². The number of phenols is 1. The van der Waals surface area contributed by atoms with Crippen molar-refractivity contribution in [2.45, 2.75) is 32.3 Å². The maximum atomic E-state index is 14.6. The molecule has 8 rings (SSSR count). The van der Waals surface area contributed by atoms with Crippen molar-refractivity contribution in [2.24, 2.45) is 41.2 Å².